The zero-order chi connectivity index (χ0) is 15.4. The van der Waals surface area contributed by atoms with Crippen molar-refractivity contribution in [1.29, 1.82) is 0 Å². The number of ether oxygens (including phenoxy) is 1. The minimum atomic E-state index is -1.16. The summed E-state index contributed by atoms with van der Waals surface area (Å²) in [6.07, 6.45) is 0.684. The van der Waals surface area contributed by atoms with E-state index in [2.05, 4.69) is 11.9 Å². The number of aromatic carboxylic acids is 1. The van der Waals surface area contributed by atoms with E-state index in [1.807, 2.05) is 0 Å². The predicted molar refractivity (Wildman–Crippen MR) is 77.1 cm³/mol. The van der Waals surface area contributed by atoms with Gasteiger partial charge in [-0.15, -0.1) is 11.3 Å². The Labute approximate surface area is 123 Å². The summed E-state index contributed by atoms with van der Waals surface area (Å²) >= 11 is 0.968. The lowest BCUT2D eigenvalue weighted by atomic mass is 10.1. The lowest BCUT2D eigenvalue weighted by Gasteiger charge is -2.06. The van der Waals surface area contributed by atoms with Gasteiger partial charge in [-0.3, -0.25) is 0 Å². The van der Waals surface area contributed by atoms with Crippen molar-refractivity contribution in [2.24, 2.45) is 0 Å². The fraction of sp³-hybridized carbons (Fsp3) is 0.143. The SMILES string of the molecule is C=CCOC(=O)NCc1c(C(=O)O)sc2cccc(F)c12. The van der Waals surface area contributed by atoms with Crippen LogP contribution in [0.1, 0.15) is 15.2 Å². The number of alkyl carbamates (subject to hydrolysis) is 1. The second-order valence-corrected chi connectivity index (χ2v) is 5.12. The second-order valence-electron chi connectivity index (χ2n) is 4.07. The summed E-state index contributed by atoms with van der Waals surface area (Å²) in [6, 6.07) is 4.39. The fourth-order valence-electron chi connectivity index (χ4n) is 1.85. The molecule has 1 heterocycles. The first-order chi connectivity index (χ1) is 10.0. The standard InChI is InChI=1S/C14H12FNO4S/c1-2-6-20-14(19)16-7-8-11-9(15)4-3-5-10(11)21-12(8)13(17)18/h2-5H,1,6-7H2,(H,16,19)(H,17,18). The molecule has 0 spiro atoms. The van der Waals surface area contributed by atoms with Crippen LogP contribution in [-0.2, 0) is 11.3 Å². The van der Waals surface area contributed by atoms with Gasteiger partial charge in [0.2, 0.25) is 0 Å². The van der Waals surface area contributed by atoms with Gasteiger partial charge in [-0.05, 0) is 12.1 Å². The van der Waals surface area contributed by atoms with Crippen molar-refractivity contribution in [3.05, 3.63) is 47.1 Å². The number of carbonyl (C=O) groups is 2. The third kappa shape index (κ3) is 3.19. The maximum atomic E-state index is 13.9. The van der Waals surface area contributed by atoms with Crippen molar-refractivity contribution in [2.75, 3.05) is 6.61 Å². The summed E-state index contributed by atoms with van der Waals surface area (Å²) in [4.78, 5) is 22.6. The third-order valence-corrected chi connectivity index (χ3v) is 3.88. The molecule has 21 heavy (non-hydrogen) atoms. The highest BCUT2D eigenvalue weighted by Crippen LogP contribution is 2.33. The van der Waals surface area contributed by atoms with Gasteiger partial charge in [0, 0.05) is 22.2 Å². The molecule has 7 heteroatoms. The highest BCUT2D eigenvalue weighted by atomic mass is 32.1. The van der Waals surface area contributed by atoms with E-state index >= 15 is 0 Å². The van der Waals surface area contributed by atoms with E-state index in [0.717, 1.165) is 11.3 Å². The summed E-state index contributed by atoms with van der Waals surface area (Å²) in [7, 11) is 0. The topological polar surface area (TPSA) is 75.6 Å². The Bertz CT molecular complexity index is 710. The van der Waals surface area contributed by atoms with E-state index in [1.54, 1.807) is 6.07 Å². The van der Waals surface area contributed by atoms with Crippen LogP contribution in [0.5, 0.6) is 0 Å². The van der Waals surface area contributed by atoms with E-state index in [-0.39, 0.29) is 29.0 Å². The summed E-state index contributed by atoms with van der Waals surface area (Å²) in [5.74, 6) is -1.68. The number of carboxylic acids is 1. The molecular formula is C14H12FNO4S. The normalized spacial score (nSPS) is 10.3. The number of carbonyl (C=O) groups excluding carboxylic acids is 1. The first kappa shape index (κ1) is 15.0. The Morgan fingerprint density at radius 1 is 1.48 bits per heavy atom. The van der Waals surface area contributed by atoms with Crippen LogP contribution in [0.2, 0.25) is 0 Å². The number of halogens is 1. The fourth-order valence-corrected chi connectivity index (χ4v) is 2.93. The van der Waals surface area contributed by atoms with E-state index in [4.69, 9.17) is 4.74 Å². The third-order valence-electron chi connectivity index (χ3n) is 2.70. The largest absolute Gasteiger partial charge is 0.477 e. The van der Waals surface area contributed by atoms with E-state index < -0.39 is 17.9 Å². The van der Waals surface area contributed by atoms with Crippen molar-refractivity contribution in [3.8, 4) is 0 Å². The van der Waals surface area contributed by atoms with Crippen molar-refractivity contribution >= 4 is 33.5 Å². The minimum absolute atomic E-state index is 0.000814. The number of amides is 1. The summed E-state index contributed by atoms with van der Waals surface area (Å²) < 4.78 is 19.2. The maximum absolute atomic E-state index is 13.9. The quantitative estimate of drug-likeness (QED) is 0.832. The number of nitrogens with one attached hydrogen (secondary N) is 1. The summed E-state index contributed by atoms with van der Waals surface area (Å²) in [6.45, 7) is 3.31. The smallest absolute Gasteiger partial charge is 0.407 e. The van der Waals surface area contributed by atoms with Crippen molar-refractivity contribution < 1.29 is 23.8 Å². The van der Waals surface area contributed by atoms with Crippen molar-refractivity contribution in [3.63, 3.8) is 0 Å². The van der Waals surface area contributed by atoms with Gasteiger partial charge in [-0.25, -0.2) is 14.0 Å². The Kier molecular flexibility index (Phi) is 4.54. The Balaban J connectivity index is 2.32. The van der Waals surface area contributed by atoms with Crippen LogP contribution in [0.3, 0.4) is 0 Å². The molecule has 5 nitrogen and oxygen atoms in total. The lowest BCUT2D eigenvalue weighted by molar-refractivity contribution is 0.0700. The molecule has 0 radical (unpaired) electrons. The molecule has 2 aromatic rings. The van der Waals surface area contributed by atoms with Crippen LogP contribution in [0, 0.1) is 5.82 Å². The number of hydrogen-bond donors (Lipinski definition) is 2. The number of carboxylic acid groups (broad SMARTS) is 1. The molecule has 0 atom stereocenters. The average molecular weight is 309 g/mol. The van der Waals surface area contributed by atoms with Gasteiger partial charge in [0.15, 0.2) is 0 Å². The van der Waals surface area contributed by atoms with E-state index in [9.17, 15) is 19.1 Å². The Morgan fingerprint density at radius 2 is 2.24 bits per heavy atom. The van der Waals surface area contributed by atoms with Crippen LogP contribution < -0.4 is 5.32 Å². The molecule has 2 N–H and O–H groups in total. The number of fused-ring (bicyclic) bond motifs is 1. The zero-order valence-corrected chi connectivity index (χ0v) is 11.7. The number of thiophene rings is 1. The van der Waals surface area contributed by atoms with Crippen LogP contribution in [0.25, 0.3) is 10.1 Å². The molecule has 110 valence electrons. The summed E-state index contributed by atoms with van der Waals surface area (Å²) in [5, 5.41) is 11.8. The molecule has 0 saturated carbocycles. The van der Waals surface area contributed by atoms with Gasteiger partial charge >= 0.3 is 12.1 Å². The van der Waals surface area contributed by atoms with Crippen molar-refractivity contribution in [1.82, 2.24) is 5.32 Å². The molecule has 0 saturated heterocycles. The molecule has 0 aliphatic heterocycles. The minimum Gasteiger partial charge on any atom is -0.477 e. The van der Waals surface area contributed by atoms with Gasteiger partial charge in [0.1, 0.15) is 17.3 Å². The van der Waals surface area contributed by atoms with Crippen LogP contribution in [0.4, 0.5) is 9.18 Å². The second kappa shape index (κ2) is 6.36. The average Bonchev–Trinajstić information content (AvgIpc) is 2.83. The van der Waals surface area contributed by atoms with Gasteiger partial charge < -0.3 is 15.2 Å². The molecule has 0 bridgehead atoms. The molecule has 1 amide bonds. The zero-order valence-electron chi connectivity index (χ0n) is 10.9. The highest BCUT2D eigenvalue weighted by Gasteiger charge is 2.20. The molecule has 0 unspecified atom stereocenters. The van der Waals surface area contributed by atoms with Crippen LogP contribution in [0.15, 0.2) is 30.9 Å². The number of benzene rings is 1. The predicted octanol–water partition coefficient (Wildman–Crippen LogP) is 3.15. The molecule has 0 aliphatic rings. The molecule has 1 aromatic carbocycles. The lowest BCUT2D eigenvalue weighted by Crippen LogP contribution is -2.24. The van der Waals surface area contributed by atoms with Crippen LogP contribution in [-0.4, -0.2) is 23.8 Å². The van der Waals surface area contributed by atoms with Gasteiger partial charge in [0.25, 0.3) is 0 Å². The molecule has 2 rings (SSSR count). The molecule has 0 fully saturated rings. The highest BCUT2D eigenvalue weighted by molar-refractivity contribution is 7.21. The number of hydrogen-bond acceptors (Lipinski definition) is 4. The maximum Gasteiger partial charge on any atom is 0.407 e. The van der Waals surface area contributed by atoms with Crippen LogP contribution >= 0.6 is 11.3 Å². The van der Waals surface area contributed by atoms with E-state index in [0.29, 0.717) is 4.70 Å². The summed E-state index contributed by atoms with van der Waals surface area (Å²) in [5.41, 5.74) is 0.233. The van der Waals surface area contributed by atoms with Crippen molar-refractivity contribution in [2.45, 2.75) is 6.54 Å². The Hall–Kier alpha value is -2.41. The first-order valence-electron chi connectivity index (χ1n) is 5.99. The van der Waals surface area contributed by atoms with Gasteiger partial charge in [-0.2, -0.15) is 0 Å². The molecule has 0 aliphatic carbocycles. The van der Waals surface area contributed by atoms with E-state index in [1.165, 1.54) is 18.2 Å². The van der Waals surface area contributed by atoms with Gasteiger partial charge in [-0.1, -0.05) is 18.7 Å². The van der Waals surface area contributed by atoms with Gasteiger partial charge in [0.05, 0.1) is 0 Å². The molecule has 1 aromatic heterocycles. The monoisotopic (exact) mass is 309 g/mol. The Morgan fingerprint density at radius 3 is 2.90 bits per heavy atom. The first-order valence-corrected chi connectivity index (χ1v) is 6.81. The number of rotatable bonds is 5. The molecular weight excluding hydrogens is 297 g/mol.